The third kappa shape index (κ3) is 3.33. The number of nitrogens with one attached hydrogen (secondary N) is 1. The fourth-order valence-electron chi connectivity index (χ4n) is 2.27. The number of anilines is 1. The number of piperidine rings is 1. The van der Waals surface area contributed by atoms with Crippen molar-refractivity contribution in [3.8, 4) is 0 Å². The van der Waals surface area contributed by atoms with Crippen LogP contribution in [0.15, 0.2) is 17.2 Å². The Balaban J connectivity index is 1.77. The van der Waals surface area contributed by atoms with E-state index in [1.165, 1.54) is 0 Å². The minimum atomic E-state index is -0.983. The zero-order chi connectivity index (χ0) is 14.8. The first kappa shape index (κ1) is 14.3. The van der Waals surface area contributed by atoms with E-state index in [-0.39, 0.29) is 5.24 Å². The Labute approximate surface area is 125 Å². The van der Waals surface area contributed by atoms with Gasteiger partial charge in [0.05, 0.1) is 5.69 Å². The lowest BCUT2D eigenvalue weighted by Gasteiger charge is -2.28. The summed E-state index contributed by atoms with van der Waals surface area (Å²) >= 11 is 0.948. The predicted molar refractivity (Wildman–Crippen MR) is 78.5 cm³/mol. The summed E-state index contributed by atoms with van der Waals surface area (Å²) in [5.74, 6) is 0.549. The number of carbonyl (C=O) groups excluding carboxylic acids is 1. The second-order valence-corrected chi connectivity index (χ2v) is 5.97. The second kappa shape index (κ2) is 5.98. The summed E-state index contributed by atoms with van der Waals surface area (Å²) in [7, 11) is 0. The summed E-state index contributed by atoms with van der Waals surface area (Å²) in [6, 6.07) is 1.70. The van der Waals surface area contributed by atoms with Crippen molar-refractivity contribution in [2.45, 2.75) is 25.2 Å². The molecule has 1 aromatic rings. The number of nitrogens with zero attached hydrogens (tertiary/aromatic N) is 3. The van der Waals surface area contributed by atoms with Crippen LogP contribution >= 0.6 is 11.8 Å². The van der Waals surface area contributed by atoms with Gasteiger partial charge in [-0.15, -0.1) is 0 Å². The largest absolute Gasteiger partial charge is 0.369 e. The van der Waals surface area contributed by atoms with Crippen molar-refractivity contribution < 1.29 is 14.3 Å². The van der Waals surface area contributed by atoms with Gasteiger partial charge in [-0.2, -0.15) is 0 Å². The molecule has 21 heavy (non-hydrogen) atoms. The van der Waals surface area contributed by atoms with Crippen LogP contribution in [-0.2, 0) is 0 Å². The highest BCUT2D eigenvalue weighted by Crippen LogP contribution is 2.28. The molecule has 3 rings (SSSR count). The molecular formula is C13H15FN4O2S. The third-order valence-electron chi connectivity index (χ3n) is 3.40. The molecule has 2 aliphatic heterocycles. The lowest BCUT2D eigenvalue weighted by molar-refractivity contribution is 0.192. The second-order valence-electron chi connectivity index (χ2n) is 4.93. The number of hydrogen-bond donors (Lipinski definition) is 2. The number of aliphatic hydroxyl groups is 1. The number of hydrogen-bond acceptors (Lipinski definition) is 6. The molecule has 1 unspecified atom stereocenters. The van der Waals surface area contributed by atoms with Crippen molar-refractivity contribution in [2.24, 2.45) is 0 Å². The van der Waals surface area contributed by atoms with Crippen LogP contribution in [0, 0.1) is 0 Å². The number of rotatable bonds is 2. The Morgan fingerprint density at radius 1 is 1.48 bits per heavy atom. The van der Waals surface area contributed by atoms with E-state index < -0.39 is 12.4 Å². The van der Waals surface area contributed by atoms with Gasteiger partial charge in [0.2, 0.25) is 5.95 Å². The van der Waals surface area contributed by atoms with Gasteiger partial charge in [0, 0.05) is 24.2 Å². The molecule has 0 bridgehead atoms. The predicted octanol–water partition coefficient (Wildman–Crippen LogP) is 1.53. The van der Waals surface area contributed by atoms with Crippen molar-refractivity contribution in [1.29, 1.82) is 0 Å². The maximum Gasteiger partial charge on any atom is 0.285 e. The molecular weight excluding hydrogens is 295 g/mol. The Hall–Kier alpha value is -1.67. The lowest BCUT2D eigenvalue weighted by Crippen LogP contribution is -2.35. The minimum absolute atomic E-state index is 0.284. The molecule has 0 saturated carbocycles. The van der Waals surface area contributed by atoms with Gasteiger partial charge < -0.3 is 15.3 Å². The highest BCUT2D eigenvalue weighted by atomic mass is 32.2. The van der Waals surface area contributed by atoms with Gasteiger partial charge in [-0.1, -0.05) is 0 Å². The molecule has 2 aliphatic rings. The summed E-state index contributed by atoms with van der Waals surface area (Å²) in [6.45, 7) is 1.19. The Kier molecular flexibility index (Phi) is 4.07. The highest BCUT2D eigenvalue weighted by molar-refractivity contribution is 8.17. The Morgan fingerprint density at radius 2 is 2.24 bits per heavy atom. The van der Waals surface area contributed by atoms with Gasteiger partial charge in [-0.25, -0.2) is 14.4 Å². The van der Waals surface area contributed by atoms with Crippen molar-refractivity contribution in [2.75, 3.05) is 18.0 Å². The number of aromatic nitrogens is 2. The normalized spacial score (nSPS) is 25.4. The van der Waals surface area contributed by atoms with Crippen LogP contribution in [0.1, 0.15) is 18.5 Å². The fourth-order valence-corrected chi connectivity index (χ4v) is 3.01. The molecule has 8 heteroatoms. The van der Waals surface area contributed by atoms with Crippen molar-refractivity contribution in [3.05, 3.63) is 22.9 Å². The van der Waals surface area contributed by atoms with Crippen molar-refractivity contribution in [1.82, 2.24) is 15.3 Å². The van der Waals surface area contributed by atoms with Crippen molar-refractivity contribution >= 4 is 29.0 Å². The van der Waals surface area contributed by atoms with E-state index in [1.54, 1.807) is 18.3 Å². The molecule has 2 N–H and O–H groups in total. The van der Waals surface area contributed by atoms with E-state index in [2.05, 4.69) is 15.3 Å². The van der Waals surface area contributed by atoms with Crippen LogP contribution in [0.3, 0.4) is 0 Å². The zero-order valence-electron chi connectivity index (χ0n) is 11.2. The standard InChI is InChI=1S/C13H15FN4O2S/c14-8-2-5-18(6-3-8)12-15-4-1-9(16-12)7-10-11(19)17-13(20)21-10/h1,4,7-8,11,19H,2-3,5-6H2,(H,17,20). The number of amides is 1. The van der Waals surface area contributed by atoms with Crippen LogP contribution in [-0.4, -0.2) is 45.8 Å². The molecule has 2 fully saturated rings. The van der Waals surface area contributed by atoms with Crippen LogP contribution in [0.25, 0.3) is 6.08 Å². The summed E-state index contributed by atoms with van der Waals surface area (Å²) < 4.78 is 13.2. The van der Waals surface area contributed by atoms with E-state index >= 15 is 0 Å². The maximum absolute atomic E-state index is 13.2. The molecule has 112 valence electrons. The molecule has 0 spiro atoms. The van der Waals surface area contributed by atoms with Gasteiger partial charge in [-0.05, 0) is 36.7 Å². The van der Waals surface area contributed by atoms with Gasteiger partial charge in [0.1, 0.15) is 6.17 Å². The monoisotopic (exact) mass is 310 g/mol. The number of carbonyl (C=O) groups is 1. The smallest absolute Gasteiger partial charge is 0.285 e. The van der Waals surface area contributed by atoms with E-state index in [9.17, 15) is 14.3 Å². The van der Waals surface area contributed by atoms with Crippen LogP contribution in [0.4, 0.5) is 15.1 Å². The van der Waals surface area contributed by atoms with Gasteiger partial charge in [0.25, 0.3) is 5.24 Å². The first-order valence-corrected chi connectivity index (χ1v) is 7.53. The van der Waals surface area contributed by atoms with Crippen molar-refractivity contribution in [3.63, 3.8) is 0 Å². The average Bonchev–Trinajstić information content (AvgIpc) is 2.78. The van der Waals surface area contributed by atoms with E-state index in [0.717, 1.165) is 11.8 Å². The molecule has 0 aliphatic carbocycles. The summed E-state index contributed by atoms with van der Waals surface area (Å²) in [5.41, 5.74) is 0.612. The van der Waals surface area contributed by atoms with Crippen LogP contribution in [0.5, 0.6) is 0 Å². The molecule has 3 heterocycles. The number of thioether (sulfide) groups is 1. The first-order chi connectivity index (χ1) is 10.1. The summed E-state index contributed by atoms with van der Waals surface area (Å²) in [4.78, 5) is 22.2. The van der Waals surface area contributed by atoms with Gasteiger partial charge >= 0.3 is 0 Å². The minimum Gasteiger partial charge on any atom is -0.369 e. The number of aliphatic hydroxyl groups excluding tert-OH is 1. The Bertz CT molecular complexity index is 575. The molecule has 1 amide bonds. The first-order valence-electron chi connectivity index (χ1n) is 6.72. The molecule has 1 aromatic heterocycles. The quantitative estimate of drug-likeness (QED) is 0.862. The Morgan fingerprint density at radius 3 is 2.90 bits per heavy atom. The average molecular weight is 310 g/mol. The molecule has 1 atom stereocenters. The SMILES string of the molecule is O=C1NC(O)C(=Cc2ccnc(N3CCC(F)CC3)n2)S1. The summed E-state index contributed by atoms with van der Waals surface area (Å²) in [5, 5.41) is 11.8. The van der Waals surface area contributed by atoms with E-state index in [0.29, 0.717) is 42.5 Å². The highest BCUT2D eigenvalue weighted by Gasteiger charge is 2.25. The number of halogens is 1. The summed E-state index contributed by atoms with van der Waals surface area (Å²) in [6.07, 6.45) is 2.53. The number of alkyl halides is 1. The van der Waals surface area contributed by atoms with E-state index in [1.807, 2.05) is 4.90 Å². The van der Waals surface area contributed by atoms with Gasteiger partial charge in [-0.3, -0.25) is 4.79 Å². The molecule has 2 saturated heterocycles. The van der Waals surface area contributed by atoms with Gasteiger partial charge in [0.15, 0.2) is 6.23 Å². The van der Waals surface area contributed by atoms with E-state index in [4.69, 9.17) is 0 Å². The molecule has 6 nitrogen and oxygen atoms in total. The molecule has 0 aromatic carbocycles. The lowest BCUT2D eigenvalue weighted by atomic mass is 10.1. The van der Waals surface area contributed by atoms with Crippen LogP contribution < -0.4 is 10.2 Å². The maximum atomic E-state index is 13.2. The topological polar surface area (TPSA) is 78.3 Å². The third-order valence-corrected chi connectivity index (χ3v) is 4.28. The van der Waals surface area contributed by atoms with Crippen LogP contribution in [0.2, 0.25) is 0 Å². The molecule has 0 radical (unpaired) electrons. The fraction of sp³-hybridized carbons (Fsp3) is 0.462. The zero-order valence-corrected chi connectivity index (χ0v) is 12.0.